The maximum Gasteiger partial charge on any atom is 0.123 e. The molecule has 0 radical (unpaired) electrons. The van der Waals surface area contributed by atoms with Crippen LogP contribution in [0.2, 0.25) is 0 Å². The van der Waals surface area contributed by atoms with E-state index in [1.807, 2.05) is 0 Å². The Bertz CT molecular complexity index is 442. The lowest BCUT2D eigenvalue weighted by molar-refractivity contribution is 0.284. The second kappa shape index (κ2) is 9.13. The number of methoxy groups -OCH3 is 1. The van der Waals surface area contributed by atoms with E-state index in [1.165, 1.54) is 24.1 Å². The van der Waals surface area contributed by atoms with Crippen molar-refractivity contribution in [1.82, 2.24) is 15.5 Å². The molecule has 1 unspecified atom stereocenters. The molecular formula is C18H31N3O. The molecule has 1 aliphatic rings. The van der Waals surface area contributed by atoms with Gasteiger partial charge in [0.2, 0.25) is 0 Å². The summed E-state index contributed by atoms with van der Waals surface area (Å²) in [7, 11) is 1.77. The van der Waals surface area contributed by atoms with E-state index >= 15 is 0 Å². The van der Waals surface area contributed by atoms with Crippen LogP contribution in [0.1, 0.15) is 37.8 Å². The third kappa shape index (κ3) is 5.27. The fourth-order valence-electron chi connectivity index (χ4n) is 2.78. The lowest BCUT2D eigenvalue weighted by Crippen LogP contribution is -2.27. The van der Waals surface area contributed by atoms with Gasteiger partial charge in [-0.25, -0.2) is 0 Å². The van der Waals surface area contributed by atoms with E-state index in [0.29, 0.717) is 6.04 Å². The molecule has 22 heavy (non-hydrogen) atoms. The number of benzene rings is 1. The number of hydrogen-bond donors (Lipinski definition) is 2. The summed E-state index contributed by atoms with van der Waals surface area (Å²) in [5.74, 6) is 1.00. The minimum atomic E-state index is 0.536. The average molecular weight is 305 g/mol. The second-order valence-corrected chi connectivity index (χ2v) is 6.22. The lowest BCUT2D eigenvalue weighted by Gasteiger charge is -2.20. The number of rotatable bonds is 7. The molecule has 0 spiro atoms. The molecule has 2 N–H and O–H groups in total. The van der Waals surface area contributed by atoms with Crippen molar-refractivity contribution < 1.29 is 4.74 Å². The molecule has 4 heteroatoms. The molecular weight excluding hydrogens is 274 g/mol. The fourth-order valence-corrected chi connectivity index (χ4v) is 2.78. The minimum absolute atomic E-state index is 0.536. The number of nitrogens with zero attached hydrogens (tertiary/aromatic N) is 1. The molecule has 1 aliphatic heterocycles. The molecule has 4 nitrogen and oxygen atoms in total. The molecule has 2 rings (SSSR count). The van der Waals surface area contributed by atoms with Gasteiger partial charge in [-0.2, -0.15) is 0 Å². The van der Waals surface area contributed by atoms with Crippen molar-refractivity contribution >= 4 is 0 Å². The van der Waals surface area contributed by atoms with E-state index in [4.69, 9.17) is 4.74 Å². The van der Waals surface area contributed by atoms with Crippen molar-refractivity contribution in [2.24, 2.45) is 0 Å². The third-order valence-electron chi connectivity index (χ3n) is 4.44. The van der Waals surface area contributed by atoms with Gasteiger partial charge in [0.05, 0.1) is 7.11 Å². The van der Waals surface area contributed by atoms with E-state index in [1.54, 1.807) is 7.11 Å². The van der Waals surface area contributed by atoms with Gasteiger partial charge in [-0.15, -0.1) is 0 Å². The third-order valence-corrected chi connectivity index (χ3v) is 4.44. The summed E-state index contributed by atoms with van der Waals surface area (Å²) in [6.07, 6.45) is 2.37. The summed E-state index contributed by atoms with van der Waals surface area (Å²) in [4.78, 5) is 2.52. The van der Waals surface area contributed by atoms with Gasteiger partial charge >= 0.3 is 0 Å². The lowest BCUT2D eigenvalue weighted by atomic mass is 10.1. The fraction of sp³-hybridized carbons (Fsp3) is 0.667. The molecule has 0 amide bonds. The zero-order valence-corrected chi connectivity index (χ0v) is 14.3. The van der Waals surface area contributed by atoms with Crippen LogP contribution in [0.25, 0.3) is 0 Å². The normalized spacial score (nSPS) is 18.0. The summed E-state index contributed by atoms with van der Waals surface area (Å²) in [5, 5.41) is 6.99. The highest BCUT2D eigenvalue weighted by molar-refractivity contribution is 5.37. The highest BCUT2D eigenvalue weighted by Crippen LogP contribution is 2.21. The largest absolute Gasteiger partial charge is 0.496 e. The first-order chi connectivity index (χ1) is 10.7. The summed E-state index contributed by atoms with van der Waals surface area (Å²) < 4.78 is 5.59. The molecule has 0 aromatic heterocycles. The van der Waals surface area contributed by atoms with Crippen LogP contribution in [0, 0.1) is 0 Å². The van der Waals surface area contributed by atoms with Crippen molar-refractivity contribution in [2.75, 3.05) is 33.3 Å². The van der Waals surface area contributed by atoms with Crippen molar-refractivity contribution in [2.45, 2.75) is 45.8 Å². The van der Waals surface area contributed by atoms with Gasteiger partial charge in [0.25, 0.3) is 0 Å². The van der Waals surface area contributed by atoms with Crippen molar-refractivity contribution in [3.8, 4) is 5.75 Å². The highest BCUT2D eigenvalue weighted by atomic mass is 16.5. The smallest absolute Gasteiger partial charge is 0.123 e. The molecule has 0 aliphatic carbocycles. The highest BCUT2D eigenvalue weighted by Gasteiger charge is 2.11. The van der Waals surface area contributed by atoms with Gasteiger partial charge in [0, 0.05) is 37.8 Å². The molecule has 1 fully saturated rings. The zero-order chi connectivity index (χ0) is 15.8. The molecule has 124 valence electrons. The van der Waals surface area contributed by atoms with Crippen LogP contribution in [0.5, 0.6) is 5.75 Å². The Morgan fingerprint density at radius 3 is 2.95 bits per heavy atom. The maximum absolute atomic E-state index is 5.59. The van der Waals surface area contributed by atoms with Gasteiger partial charge in [-0.3, -0.25) is 4.90 Å². The van der Waals surface area contributed by atoms with Crippen LogP contribution in [0.3, 0.4) is 0 Å². The molecule has 1 heterocycles. The van der Waals surface area contributed by atoms with E-state index in [-0.39, 0.29) is 0 Å². The first kappa shape index (κ1) is 17.3. The van der Waals surface area contributed by atoms with Gasteiger partial charge in [-0.1, -0.05) is 19.1 Å². The van der Waals surface area contributed by atoms with E-state index in [0.717, 1.165) is 44.9 Å². The summed E-state index contributed by atoms with van der Waals surface area (Å²) in [6.45, 7) is 10.8. The minimum Gasteiger partial charge on any atom is -0.496 e. The van der Waals surface area contributed by atoms with Gasteiger partial charge in [0.15, 0.2) is 0 Å². The summed E-state index contributed by atoms with van der Waals surface area (Å²) in [6, 6.07) is 7.19. The van der Waals surface area contributed by atoms with Gasteiger partial charge < -0.3 is 15.4 Å². The van der Waals surface area contributed by atoms with Crippen molar-refractivity contribution in [1.29, 1.82) is 0 Å². The predicted octanol–water partition coefficient (Wildman–Crippen LogP) is 2.38. The Morgan fingerprint density at radius 1 is 1.32 bits per heavy atom. The van der Waals surface area contributed by atoms with Gasteiger partial charge in [0.1, 0.15) is 5.75 Å². The first-order valence-corrected chi connectivity index (χ1v) is 8.55. The van der Waals surface area contributed by atoms with Crippen LogP contribution in [-0.4, -0.2) is 44.2 Å². The first-order valence-electron chi connectivity index (χ1n) is 8.55. The predicted molar refractivity (Wildman–Crippen MR) is 92.4 cm³/mol. The van der Waals surface area contributed by atoms with Crippen molar-refractivity contribution in [3.63, 3.8) is 0 Å². The van der Waals surface area contributed by atoms with Crippen LogP contribution >= 0.6 is 0 Å². The second-order valence-electron chi connectivity index (χ2n) is 6.22. The van der Waals surface area contributed by atoms with E-state index < -0.39 is 0 Å². The Labute approximate surface area is 135 Å². The quantitative estimate of drug-likeness (QED) is 0.811. The van der Waals surface area contributed by atoms with Crippen LogP contribution in [-0.2, 0) is 13.1 Å². The summed E-state index contributed by atoms with van der Waals surface area (Å²) in [5.41, 5.74) is 2.58. The van der Waals surface area contributed by atoms with Crippen molar-refractivity contribution in [3.05, 3.63) is 29.3 Å². The Hall–Kier alpha value is -1.10. The molecule has 1 aromatic rings. The maximum atomic E-state index is 5.59. The molecule has 1 atom stereocenters. The standard InChI is InChI=1S/C18H31N3O/c1-4-15(2)20-13-17-7-6-16(12-18(17)22-3)14-21-10-5-8-19-9-11-21/h6-7,12,15,19-20H,4-5,8-11,13-14H2,1-3H3. The van der Waals surface area contributed by atoms with E-state index in [2.05, 4.69) is 47.6 Å². The van der Waals surface area contributed by atoms with E-state index in [9.17, 15) is 0 Å². The molecule has 0 saturated carbocycles. The monoisotopic (exact) mass is 305 g/mol. The number of ether oxygens (including phenoxy) is 1. The molecule has 1 aromatic carbocycles. The SMILES string of the molecule is CCC(C)NCc1ccc(CN2CCCNCC2)cc1OC. The molecule has 0 bridgehead atoms. The summed E-state index contributed by atoms with van der Waals surface area (Å²) >= 11 is 0. The van der Waals surface area contributed by atoms with Crippen LogP contribution < -0.4 is 15.4 Å². The number of hydrogen-bond acceptors (Lipinski definition) is 4. The number of nitrogens with one attached hydrogen (secondary N) is 2. The Morgan fingerprint density at radius 2 is 2.18 bits per heavy atom. The molecule has 1 saturated heterocycles. The van der Waals surface area contributed by atoms with Crippen LogP contribution in [0.4, 0.5) is 0 Å². The Balaban J connectivity index is 1.98. The average Bonchev–Trinajstić information content (AvgIpc) is 2.81. The topological polar surface area (TPSA) is 36.5 Å². The Kier molecular flexibility index (Phi) is 7.16. The zero-order valence-electron chi connectivity index (χ0n) is 14.3. The van der Waals surface area contributed by atoms with Gasteiger partial charge in [-0.05, 0) is 44.5 Å². The van der Waals surface area contributed by atoms with Crippen LogP contribution in [0.15, 0.2) is 18.2 Å².